The van der Waals surface area contributed by atoms with E-state index >= 15 is 0 Å². The van der Waals surface area contributed by atoms with Crippen LogP contribution < -0.4 is 0 Å². The lowest BCUT2D eigenvalue weighted by Gasteiger charge is -2.11. The molecule has 1 fully saturated rings. The Balaban J connectivity index is 2.23. The maximum Gasteiger partial charge on any atom is 0.305 e. The molecule has 0 aromatic carbocycles. The summed E-state index contributed by atoms with van der Waals surface area (Å²) in [7, 11) is 0. The summed E-state index contributed by atoms with van der Waals surface area (Å²) in [6.45, 7) is 0.630. The Kier molecular flexibility index (Phi) is 8.25. The summed E-state index contributed by atoms with van der Waals surface area (Å²) < 4.78 is 5.84. The molecule has 0 aromatic heterocycles. The Morgan fingerprint density at radius 2 is 1.56 bits per heavy atom. The molecule has 1 unspecified atom stereocenters. The van der Waals surface area contributed by atoms with Gasteiger partial charge in [0.25, 0.3) is 0 Å². The molecule has 0 bridgehead atoms. The van der Waals surface area contributed by atoms with Crippen molar-refractivity contribution in [2.75, 3.05) is 6.61 Å². The standard InChI is InChI=1S/C13H23IO2/c14-12-8-6-4-2-1-3-5-7-11-16-13(15)10-9-12/h12H,1-11H2. The third-order valence-electron chi connectivity index (χ3n) is 3.09. The van der Waals surface area contributed by atoms with Crippen LogP contribution in [-0.2, 0) is 9.53 Å². The highest BCUT2D eigenvalue weighted by Crippen LogP contribution is 2.19. The Morgan fingerprint density at radius 3 is 2.31 bits per heavy atom. The van der Waals surface area contributed by atoms with Crippen molar-refractivity contribution in [1.29, 1.82) is 0 Å². The Hall–Kier alpha value is 0.200. The van der Waals surface area contributed by atoms with Gasteiger partial charge in [0.2, 0.25) is 0 Å². The van der Waals surface area contributed by atoms with Gasteiger partial charge in [-0.3, -0.25) is 4.79 Å². The number of rotatable bonds is 0. The van der Waals surface area contributed by atoms with Crippen molar-refractivity contribution in [2.24, 2.45) is 0 Å². The van der Waals surface area contributed by atoms with Crippen LogP contribution in [-0.4, -0.2) is 16.5 Å². The molecule has 1 atom stereocenters. The number of alkyl halides is 1. The van der Waals surface area contributed by atoms with E-state index < -0.39 is 0 Å². The van der Waals surface area contributed by atoms with Crippen molar-refractivity contribution in [3.8, 4) is 0 Å². The molecule has 0 N–H and O–H groups in total. The zero-order chi connectivity index (χ0) is 11.6. The fourth-order valence-electron chi connectivity index (χ4n) is 2.03. The van der Waals surface area contributed by atoms with E-state index in [2.05, 4.69) is 22.6 Å². The van der Waals surface area contributed by atoms with Crippen molar-refractivity contribution in [3.63, 3.8) is 0 Å². The summed E-state index contributed by atoms with van der Waals surface area (Å²) in [5, 5.41) is 0. The van der Waals surface area contributed by atoms with Crippen LogP contribution >= 0.6 is 22.6 Å². The normalized spacial score (nSPS) is 26.8. The van der Waals surface area contributed by atoms with Gasteiger partial charge in [-0.05, 0) is 19.3 Å². The van der Waals surface area contributed by atoms with Gasteiger partial charge in [0.05, 0.1) is 6.61 Å². The number of hydrogen-bond acceptors (Lipinski definition) is 2. The molecule has 0 spiro atoms. The molecule has 16 heavy (non-hydrogen) atoms. The van der Waals surface area contributed by atoms with Crippen LogP contribution in [0.2, 0.25) is 0 Å². The molecule has 0 aromatic rings. The molecule has 0 radical (unpaired) electrons. The minimum atomic E-state index is -0.00118. The summed E-state index contributed by atoms with van der Waals surface area (Å²) >= 11 is 2.47. The van der Waals surface area contributed by atoms with Gasteiger partial charge >= 0.3 is 5.97 Å². The monoisotopic (exact) mass is 338 g/mol. The van der Waals surface area contributed by atoms with Crippen LogP contribution in [0.4, 0.5) is 0 Å². The molecule has 0 amide bonds. The molecule has 0 saturated carbocycles. The molecule has 2 nitrogen and oxygen atoms in total. The summed E-state index contributed by atoms with van der Waals surface area (Å²) in [5.41, 5.74) is 0. The predicted molar refractivity (Wildman–Crippen MR) is 74.9 cm³/mol. The molecule has 1 aliphatic heterocycles. The summed E-state index contributed by atoms with van der Waals surface area (Å²) in [5.74, 6) is -0.00118. The minimum Gasteiger partial charge on any atom is -0.466 e. The second kappa shape index (κ2) is 9.25. The van der Waals surface area contributed by atoms with Gasteiger partial charge in [-0.25, -0.2) is 0 Å². The fourth-order valence-corrected chi connectivity index (χ4v) is 2.78. The second-order valence-corrected chi connectivity index (χ2v) is 6.38. The average molecular weight is 338 g/mol. The van der Waals surface area contributed by atoms with Gasteiger partial charge < -0.3 is 4.74 Å². The maximum absolute atomic E-state index is 11.4. The molecule has 94 valence electrons. The van der Waals surface area contributed by atoms with Crippen molar-refractivity contribution < 1.29 is 9.53 Å². The van der Waals surface area contributed by atoms with Gasteiger partial charge in [0.1, 0.15) is 0 Å². The first kappa shape index (κ1) is 14.3. The lowest BCUT2D eigenvalue weighted by molar-refractivity contribution is -0.143. The largest absolute Gasteiger partial charge is 0.466 e. The Bertz CT molecular complexity index is 194. The van der Waals surface area contributed by atoms with E-state index in [-0.39, 0.29) is 5.97 Å². The minimum absolute atomic E-state index is 0.00118. The number of hydrogen-bond donors (Lipinski definition) is 0. The van der Waals surface area contributed by atoms with E-state index in [0.29, 0.717) is 17.0 Å². The van der Waals surface area contributed by atoms with Crippen molar-refractivity contribution in [1.82, 2.24) is 0 Å². The van der Waals surface area contributed by atoms with Gasteiger partial charge in [-0.2, -0.15) is 0 Å². The van der Waals surface area contributed by atoms with Crippen molar-refractivity contribution >= 4 is 28.6 Å². The molecular weight excluding hydrogens is 315 g/mol. The summed E-state index contributed by atoms with van der Waals surface area (Å²) in [6.07, 6.45) is 11.8. The first-order chi connectivity index (χ1) is 7.79. The number of halogens is 1. The van der Waals surface area contributed by atoms with E-state index in [1.165, 1.54) is 44.9 Å². The number of carbonyl (C=O) groups is 1. The lowest BCUT2D eigenvalue weighted by atomic mass is 10.1. The van der Waals surface area contributed by atoms with Crippen LogP contribution in [0, 0.1) is 0 Å². The molecule has 1 heterocycles. The van der Waals surface area contributed by atoms with E-state index in [1.807, 2.05) is 0 Å². The maximum atomic E-state index is 11.4. The summed E-state index contributed by atoms with van der Waals surface area (Å²) in [6, 6.07) is 0. The number of carbonyl (C=O) groups excluding carboxylic acids is 1. The van der Waals surface area contributed by atoms with Crippen LogP contribution in [0.3, 0.4) is 0 Å². The average Bonchev–Trinajstić information content (AvgIpc) is 2.28. The summed E-state index contributed by atoms with van der Waals surface area (Å²) in [4.78, 5) is 11.4. The zero-order valence-corrected chi connectivity index (χ0v) is 12.2. The second-order valence-electron chi connectivity index (χ2n) is 4.62. The lowest BCUT2D eigenvalue weighted by Crippen LogP contribution is -2.09. The van der Waals surface area contributed by atoms with E-state index in [4.69, 9.17) is 4.74 Å². The first-order valence-electron chi connectivity index (χ1n) is 6.59. The molecule has 1 rings (SSSR count). The third-order valence-corrected chi connectivity index (χ3v) is 4.33. The van der Waals surface area contributed by atoms with Gasteiger partial charge in [0.15, 0.2) is 0 Å². The SMILES string of the molecule is O=C1CCC(I)CCCCCCCCCO1. The van der Waals surface area contributed by atoms with Crippen LogP contribution in [0.5, 0.6) is 0 Å². The third kappa shape index (κ3) is 7.47. The zero-order valence-electron chi connectivity index (χ0n) is 10.0. The van der Waals surface area contributed by atoms with E-state index in [1.54, 1.807) is 0 Å². The number of ether oxygens (including phenoxy) is 1. The Labute approximate surface area is 113 Å². The molecule has 1 saturated heterocycles. The highest BCUT2D eigenvalue weighted by molar-refractivity contribution is 14.1. The quantitative estimate of drug-likeness (QED) is 0.375. The number of cyclic esters (lactones) is 1. The van der Waals surface area contributed by atoms with Crippen LogP contribution in [0.1, 0.15) is 64.2 Å². The van der Waals surface area contributed by atoms with Gasteiger partial charge in [-0.1, -0.05) is 61.1 Å². The van der Waals surface area contributed by atoms with Gasteiger partial charge in [0, 0.05) is 10.3 Å². The molecule has 1 aliphatic rings. The fraction of sp³-hybridized carbons (Fsp3) is 0.923. The topological polar surface area (TPSA) is 26.3 Å². The smallest absolute Gasteiger partial charge is 0.305 e. The molecule has 3 heteroatoms. The van der Waals surface area contributed by atoms with Crippen LogP contribution in [0.15, 0.2) is 0 Å². The molecule has 0 aliphatic carbocycles. The Morgan fingerprint density at radius 1 is 0.938 bits per heavy atom. The number of esters is 1. The van der Waals surface area contributed by atoms with Gasteiger partial charge in [-0.15, -0.1) is 0 Å². The highest BCUT2D eigenvalue weighted by Gasteiger charge is 2.09. The van der Waals surface area contributed by atoms with Crippen LogP contribution in [0.25, 0.3) is 0 Å². The first-order valence-corrected chi connectivity index (χ1v) is 7.83. The predicted octanol–water partition coefficient (Wildman–Crippen LogP) is 4.25. The highest BCUT2D eigenvalue weighted by atomic mass is 127. The van der Waals surface area contributed by atoms with E-state index in [9.17, 15) is 4.79 Å². The van der Waals surface area contributed by atoms with Crippen molar-refractivity contribution in [3.05, 3.63) is 0 Å². The molecular formula is C13H23IO2. The van der Waals surface area contributed by atoms with E-state index in [0.717, 1.165) is 12.8 Å². The van der Waals surface area contributed by atoms with Crippen molar-refractivity contribution in [2.45, 2.75) is 68.1 Å².